The van der Waals surface area contributed by atoms with Gasteiger partial charge in [-0.15, -0.1) is 0 Å². The first-order valence-corrected chi connectivity index (χ1v) is 24.0. The van der Waals surface area contributed by atoms with E-state index in [-0.39, 0.29) is 19.1 Å². The van der Waals surface area contributed by atoms with E-state index < -0.39 is 20.0 Å². The molecule has 3 unspecified atom stereocenters. The molecule has 0 heterocycles. The number of aliphatic hydroxyl groups excluding tert-OH is 1. The van der Waals surface area contributed by atoms with Gasteiger partial charge in [-0.2, -0.15) is 0 Å². The van der Waals surface area contributed by atoms with Crippen LogP contribution in [0.5, 0.6) is 0 Å². The zero-order valence-electron chi connectivity index (χ0n) is 36.4. The van der Waals surface area contributed by atoms with E-state index in [9.17, 15) is 19.4 Å². The lowest BCUT2D eigenvalue weighted by Crippen LogP contribution is -2.45. The molecule has 0 bridgehead atoms. The number of carbonyl (C=O) groups excluding carboxylic acids is 1. The molecule has 0 aromatic carbocycles. The Morgan fingerprint density at radius 2 is 1.07 bits per heavy atom. The Kier molecular flexibility index (Phi) is 36.9. The van der Waals surface area contributed by atoms with Gasteiger partial charge in [0, 0.05) is 6.42 Å². The molecule has 0 saturated carbocycles. The van der Waals surface area contributed by atoms with Crippen molar-refractivity contribution in [3.05, 3.63) is 48.6 Å². The summed E-state index contributed by atoms with van der Waals surface area (Å²) in [5, 5.41) is 13.5. The molecule has 0 aliphatic carbocycles. The van der Waals surface area contributed by atoms with Crippen LogP contribution in [0.4, 0.5) is 0 Å². The molecule has 0 saturated heterocycles. The first kappa shape index (κ1) is 53.5. The predicted octanol–water partition coefficient (Wildman–Crippen LogP) is 11.8. The van der Waals surface area contributed by atoms with Crippen molar-refractivity contribution < 1.29 is 32.9 Å². The van der Waals surface area contributed by atoms with Crippen molar-refractivity contribution in [1.82, 2.24) is 5.32 Å². The summed E-state index contributed by atoms with van der Waals surface area (Å²) in [5.74, 6) is -0.209. The number of phosphoric ester groups is 1. The van der Waals surface area contributed by atoms with Crippen LogP contribution in [-0.2, 0) is 18.4 Å². The third-order valence-electron chi connectivity index (χ3n) is 9.78. The SMILES string of the molecule is CCCC/C=C/C(O)C(COP(=O)([O-])OCC[N+](C)(C)C)NC(=O)CCCCCCCCCCCCCCCC/C=C\C/C=C\C/C=C\CCCCCCC. The fourth-order valence-electron chi connectivity index (χ4n) is 6.14. The molecule has 0 radical (unpaired) electrons. The van der Waals surface area contributed by atoms with Gasteiger partial charge in [0.1, 0.15) is 13.2 Å². The molecule has 9 heteroatoms. The number of nitrogens with one attached hydrogen (secondary N) is 1. The minimum Gasteiger partial charge on any atom is -0.756 e. The average molecular weight is 795 g/mol. The highest BCUT2D eigenvalue weighted by atomic mass is 31.2. The fraction of sp³-hybridized carbons (Fsp3) is 0.804. The van der Waals surface area contributed by atoms with Gasteiger partial charge >= 0.3 is 0 Å². The number of phosphoric acid groups is 1. The van der Waals surface area contributed by atoms with E-state index >= 15 is 0 Å². The van der Waals surface area contributed by atoms with Gasteiger partial charge < -0.3 is 28.8 Å². The van der Waals surface area contributed by atoms with Crippen LogP contribution in [0.1, 0.15) is 187 Å². The van der Waals surface area contributed by atoms with Gasteiger partial charge in [-0.05, 0) is 51.4 Å². The largest absolute Gasteiger partial charge is 0.756 e. The quantitative estimate of drug-likeness (QED) is 0.0277. The first-order valence-electron chi connectivity index (χ1n) is 22.5. The van der Waals surface area contributed by atoms with Crippen molar-refractivity contribution in [2.24, 2.45) is 0 Å². The molecule has 0 aromatic rings. The Morgan fingerprint density at radius 3 is 1.56 bits per heavy atom. The van der Waals surface area contributed by atoms with E-state index in [1.165, 1.54) is 116 Å². The van der Waals surface area contributed by atoms with Crippen molar-refractivity contribution in [3.8, 4) is 0 Å². The highest BCUT2D eigenvalue weighted by molar-refractivity contribution is 7.45. The average Bonchev–Trinajstić information content (AvgIpc) is 3.13. The number of hydrogen-bond acceptors (Lipinski definition) is 6. The standard InChI is InChI=1S/C46H87N2O6P/c1-6-8-10-12-13-14-15-16-17-18-19-20-21-22-23-24-25-26-27-28-29-30-31-32-33-34-35-36-38-40-46(50)47-44(45(49)39-37-11-9-7-2)43-54-55(51,52)53-42-41-48(3,4)5/h15-16,18-19,21-22,37,39,44-45,49H,6-14,17,20,23-36,38,40-43H2,1-5H3,(H-,47,50,51,52)/b16-15-,19-18-,22-21-,39-37+. The van der Waals surface area contributed by atoms with Crippen LogP contribution >= 0.6 is 7.82 Å². The highest BCUT2D eigenvalue weighted by Crippen LogP contribution is 2.38. The summed E-state index contributed by atoms with van der Waals surface area (Å²) in [6.07, 6.45) is 48.1. The zero-order chi connectivity index (χ0) is 40.7. The van der Waals surface area contributed by atoms with Crippen LogP contribution < -0.4 is 10.2 Å². The van der Waals surface area contributed by atoms with Crippen molar-refractivity contribution in [2.75, 3.05) is 40.9 Å². The molecule has 0 aromatic heterocycles. The summed E-state index contributed by atoms with van der Waals surface area (Å²) in [6, 6.07) is -0.882. The molecule has 0 fully saturated rings. The molecule has 0 spiro atoms. The van der Waals surface area contributed by atoms with E-state index in [1.54, 1.807) is 6.08 Å². The number of likely N-dealkylation sites (N-methyl/N-ethyl adjacent to an activating group) is 1. The third kappa shape index (κ3) is 40.5. The number of hydrogen-bond donors (Lipinski definition) is 2. The normalized spacial score (nSPS) is 14.8. The van der Waals surface area contributed by atoms with Crippen molar-refractivity contribution >= 4 is 13.7 Å². The molecule has 0 rings (SSSR count). The monoisotopic (exact) mass is 795 g/mol. The van der Waals surface area contributed by atoms with E-state index in [1.807, 2.05) is 27.2 Å². The molecule has 3 atom stereocenters. The van der Waals surface area contributed by atoms with E-state index in [4.69, 9.17) is 9.05 Å². The summed E-state index contributed by atoms with van der Waals surface area (Å²) in [4.78, 5) is 25.0. The van der Waals surface area contributed by atoms with Crippen LogP contribution in [0.2, 0.25) is 0 Å². The zero-order valence-corrected chi connectivity index (χ0v) is 37.3. The Bertz CT molecular complexity index is 1040. The predicted molar refractivity (Wildman–Crippen MR) is 233 cm³/mol. The number of amides is 1. The third-order valence-corrected chi connectivity index (χ3v) is 10.7. The second kappa shape index (κ2) is 38.0. The van der Waals surface area contributed by atoms with E-state index in [2.05, 4.69) is 55.6 Å². The summed E-state index contributed by atoms with van der Waals surface area (Å²) >= 11 is 0. The van der Waals surface area contributed by atoms with Crippen LogP contribution in [0.3, 0.4) is 0 Å². The van der Waals surface area contributed by atoms with Gasteiger partial charge in [-0.25, -0.2) is 0 Å². The molecule has 8 nitrogen and oxygen atoms in total. The highest BCUT2D eigenvalue weighted by Gasteiger charge is 2.23. The number of quaternary nitrogens is 1. The maximum absolute atomic E-state index is 12.7. The Balaban J connectivity index is 3.89. The Labute approximate surface area is 339 Å². The summed E-state index contributed by atoms with van der Waals surface area (Å²) in [5.41, 5.74) is 0. The maximum atomic E-state index is 12.7. The van der Waals surface area contributed by atoms with Crippen LogP contribution in [-0.4, -0.2) is 68.5 Å². The maximum Gasteiger partial charge on any atom is 0.268 e. The van der Waals surface area contributed by atoms with Gasteiger partial charge in [0.25, 0.3) is 7.82 Å². The molecule has 0 aliphatic heterocycles. The lowest BCUT2D eigenvalue weighted by Gasteiger charge is -2.29. The topological polar surface area (TPSA) is 108 Å². The molecule has 2 N–H and O–H groups in total. The molecule has 322 valence electrons. The first-order chi connectivity index (χ1) is 26.5. The smallest absolute Gasteiger partial charge is 0.268 e. The number of rotatable bonds is 40. The van der Waals surface area contributed by atoms with Crippen molar-refractivity contribution in [1.29, 1.82) is 0 Å². The molecular formula is C46H87N2O6P. The molecule has 0 aliphatic rings. The number of aliphatic hydroxyl groups is 1. The summed E-state index contributed by atoms with van der Waals surface area (Å²) < 4.78 is 22.9. The number of carbonyl (C=O) groups is 1. The van der Waals surface area contributed by atoms with Gasteiger partial charge in [0.05, 0.1) is 39.9 Å². The number of nitrogens with zero attached hydrogens (tertiary/aromatic N) is 1. The minimum absolute atomic E-state index is 0.00334. The van der Waals surface area contributed by atoms with Gasteiger partial charge in [0.2, 0.25) is 5.91 Å². The lowest BCUT2D eigenvalue weighted by molar-refractivity contribution is -0.870. The summed E-state index contributed by atoms with van der Waals surface area (Å²) in [7, 11) is 1.25. The van der Waals surface area contributed by atoms with Crippen molar-refractivity contribution in [2.45, 2.75) is 199 Å². The van der Waals surface area contributed by atoms with Crippen LogP contribution in [0.25, 0.3) is 0 Å². The minimum atomic E-state index is -4.57. The lowest BCUT2D eigenvalue weighted by atomic mass is 10.0. The van der Waals surface area contributed by atoms with Gasteiger partial charge in [0.15, 0.2) is 0 Å². The number of allylic oxidation sites excluding steroid dienone is 7. The molecular weight excluding hydrogens is 707 g/mol. The second-order valence-corrected chi connectivity index (χ2v) is 17.8. The van der Waals surface area contributed by atoms with Crippen molar-refractivity contribution in [3.63, 3.8) is 0 Å². The molecule has 55 heavy (non-hydrogen) atoms. The number of unbranched alkanes of at least 4 members (excludes halogenated alkanes) is 21. The Hall–Kier alpha value is -1.54. The van der Waals surface area contributed by atoms with E-state index in [0.29, 0.717) is 17.4 Å². The van der Waals surface area contributed by atoms with Crippen LogP contribution in [0, 0.1) is 0 Å². The fourth-order valence-corrected chi connectivity index (χ4v) is 6.87. The summed E-state index contributed by atoms with van der Waals surface area (Å²) in [6.45, 7) is 4.46. The molecule has 1 amide bonds. The van der Waals surface area contributed by atoms with E-state index in [0.717, 1.165) is 51.4 Å². The van der Waals surface area contributed by atoms with Crippen LogP contribution in [0.15, 0.2) is 48.6 Å². The van der Waals surface area contributed by atoms with Gasteiger partial charge in [-0.3, -0.25) is 9.36 Å². The van der Waals surface area contributed by atoms with Gasteiger partial charge in [-0.1, -0.05) is 178 Å². The second-order valence-electron chi connectivity index (χ2n) is 16.4. The Morgan fingerprint density at radius 1 is 0.636 bits per heavy atom.